The third-order valence-electron chi connectivity index (χ3n) is 4.66. The van der Waals surface area contributed by atoms with E-state index in [2.05, 4.69) is 10.6 Å². The van der Waals surface area contributed by atoms with Crippen molar-refractivity contribution in [1.82, 2.24) is 10.6 Å². The molecule has 0 radical (unpaired) electrons. The highest BCUT2D eigenvalue weighted by Gasteiger charge is 2.26. The van der Waals surface area contributed by atoms with Gasteiger partial charge in [-0.15, -0.1) is 0 Å². The van der Waals surface area contributed by atoms with E-state index >= 15 is 0 Å². The zero-order valence-electron chi connectivity index (χ0n) is 15.0. The molecule has 0 bridgehead atoms. The van der Waals surface area contributed by atoms with E-state index in [9.17, 15) is 14.7 Å². The first-order valence-corrected chi connectivity index (χ1v) is 8.91. The molecule has 1 aromatic rings. The highest BCUT2D eigenvalue weighted by Crippen LogP contribution is 2.18. The Hall–Kier alpha value is -2.08. The lowest BCUT2D eigenvalue weighted by Crippen LogP contribution is -2.52. The smallest absolute Gasteiger partial charge is 0.328 e. The van der Waals surface area contributed by atoms with Gasteiger partial charge < -0.3 is 20.5 Å². The van der Waals surface area contributed by atoms with Gasteiger partial charge in [0.2, 0.25) is 5.91 Å². The first-order valence-electron chi connectivity index (χ1n) is 8.91. The van der Waals surface area contributed by atoms with Gasteiger partial charge in [-0.1, -0.05) is 31.4 Å². The lowest BCUT2D eigenvalue weighted by molar-refractivity contribution is -0.145. The van der Waals surface area contributed by atoms with Gasteiger partial charge >= 0.3 is 5.97 Å². The number of benzene rings is 1. The summed E-state index contributed by atoms with van der Waals surface area (Å²) >= 11 is 0. The normalized spacial score (nSPS) is 17.5. The Balaban J connectivity index is 1.94. The Morgan fingerprint density at radius 2 is 1.84 bits per heavy atom. The molecule has 6 heteroatoms. The molecule has 1 aliphatic rings. The molecule has 2 rings (SSSR count). The summed E-state index contributed by atoms with van der Waals surface area (Å²) in [4.78, 5) is 24.5. The van der Waals surface area contributed by atoms with E-state index in [0.29, 0.717) is 12.5 Å². The monoisotopic (exact) mass is 348 g/mol. The summed E-state index contributed by atoms with van der Waals surface area (Å²) in [6.07, 6.45) is 6.14. The third-order valence-corrected chi connectivity index (χ3v) is 4.66. The van der Waals surface area contributed by atoms with E-state index in [1.54, 1.807) is 24.3 Å². The number of aromatic hydroxyl groups is 1. The molecule has 1 aliphatic carbocycles. The molecule has 0 aromatic heterocycles. The van der Waals surface area contributed by atoms with E-state index in [-0.39, 0.29) is 17.7 Å². The van der Waals surface area contributed by atoms with Crippen molar-refractivity contribution in [2.24, 2.45) is 0 Å². The Morgan fingerprint density at radius 3 is 2.44 bits per heavy atom. The summed E-state index contributed by atoms with van der Waals surface area (Å²) in [5.74, 6) is -0.529. The molecule has 0 spiro atoms. The van der Waals surface area contributed by atoms with Gasteiger partial charge in [-0.3, -0.25) is 4.79 Å². The molecule has 3 N–H and O–H groups in total. The van der Waals surface area contributed by atoms with Crippen LogP contribution in [0.15, 0.2) is 24.3 Å². The quantitative estimate of drug-likeness (QED) is 0.655. The molecule has 138 valence electrons. The number of carbonyl (C=O) groups excluding carboxylic acids is 2. The molecule has 1 aromatic carbocycles. The zero-order chi connectivity index (χ0) is 18.2. The maximum absolute atomic E-state index is 12.5. The highest BCUT2D eigenvalue weighted by atomic mass is 16.5. The summed E-state index contributed by atoms with van der Waals surface area (Å²) in [6.45, 7) is 1.82. The van der Waals surface area contributed by atoms with Crippen molar-refractivity contribution in [3.63, 3.8) is 0 Å². The van der Waals surface area contributed by atoms with Gasteiger partial charge in [0.25, 0.3) is 0 Å². The summed E-state index contributed by atoms with van der Waals surface area (Å²) in [6, 6.07) is 5.80. The van der Waals surface area contributed by atoms with Crippen LogP contribution in [0.3, 0.4) is 0 Å². The Bertz CT molecular complexity index is 567. The number of phenolic OH excluding ortho intramolecular Hbond substituents is 1. The van der Waals surface area contributed by atoms with Crippen molar-refractivity contribution >= 4 is 11.9 Å². The van der Waals surface area contributed by atoms with Crippen LogP contribution in [0.25, 0.3) is 0 Å². The van der Waals surface area contributed by atoms with Crippen molar-refractivity contribution < 1.29 is 19.4 Å². The van der Waals surface area contributed by atoms with Crippen molar-refractivity contribution in [3.8, 4) is 5.75 Å². The van der Waals surface area contributed by atoms with Gasteiger partial charge in [-0.25, -0.2) is 4.79 Å². The maximum Gasteiger partial charge on any atom is 0.328 e. The predicted octanol–water partition coefficient (Wildman–Crippen LogP) is 1.90. The zero-order valence-corrected chi connectivity index (χ0v) is 15.0. The molecule has 0 heterocycles. The molecule has 1 fully saturated rings. The molecule has 6 nitrogen and oxygen atoms in total. The number of phenols is 1. The summed E-state index contributed by atoms with van der Waals surface area (Å²) in [7, 11) is 1.31. The molecule has 0 aliphatic heterocycles. The van der Waals surface area contributed by atoms with Crippen LogP contribution in [0.2, 0.25) is 0 Å². The predicted molar refractivity (Wildman–Crippen MR) is 95.2 cm³/mol. The molecule has 2 atom stereocenters. The fourth-order valence-electron chi connectivity index (χ4n) is 3.20. The first-order chi connectivity index (χ1) is 12.0. The number of amides is 1. The first kappa shape index (κ1) is 19.2. The Kier molecular flexibility index (Phi) is 7.25. The largest absolute Gasteiger partial charge is 0.508 e. The van der Waals surface area contributed by atoms with Gasteiger partial charge in [0.1, 0.15) is 11.8 Å². The topological polar surface area (TPSA) is 87.7 Å². The number of rotatable bonds is 7. The van der Waals surface area contributed by atoms with Crippen LogP contribution in [0.4, 0.5) is 0 Å². The van der Waals surface area contributed by atoms with Crippen LogP contribution in [-0.2, 0) is 20.7 Å². The van der Waals surface area contributed by atoms with Gasteiger partial charge in [-0.2, -0.15) is 0 Å². The van der Waals surface area contributed by atoms with Crippen molar-refractivity contribution in [2.75, 3.05) is 7.11 Å². The van der Waals surface area contributed by atoms with E-state index in [4.69, 9.17) is 4.74 Å². The van der Waals surface area contributed by atoms with Crippen molar-refractivity contribution in [1.29, 1.82) is 0 Å². The minimum Gasteiger partial charge on any atom is -0.508 e. The van der Waals surface area contributed by atoms with Gasteiger partial charge in [0.05, 0.1) is 13.2 Å². The van der Waals surface area contributed by atoms with Crippen LogP contribution in [0.5, 0.6) is 5.75 Å². The second-order valence-electron chi connectivity index (χ2n) is 6.68. The third kappa shape index (κ3) is 6.05. The van der Waals surface area contributed by atoms with E-state index < -0.39 is 12.0 Å². The number of ether oxygens (including phenoxy) is 1. The summed E-state index contributed by atoms with van der Waals surface area (Å²) in [5.41, 5.74) is 0.835. The standard InChI is InChI=1S/C19H28N2O4/c1-13(20-15-6-4-3-5-7-15)18(23)21-17(19(24)25-2)12-14-8-10-16(22)11-9-14/h8-11,13,15,17,20,22H,3-7,12H2,1-2H3,(H,21,23)/t13-,17-/m0/s1. The Morgan fingerprint density at radius 1 is 1.20 bits per heavy atom. The fourth-order valence-corrected chi connectivity index (χ4v) is 3.20. The lowest BCUT2D eigenvalue weighted by Gasteiger charge is -2.27. The van der Waals surface area contributed by atoms with E-state index in [1.807, 2.05) is 6.92 Å². The van der Waals surface area contributed by atoms with E-state index in [0.717, 1.165) is 18.4 Å². The number of hydrogen-bond acceptors (Lipinski definition) is 5. The number of carbonyl (C=O) groups is 2. The minimum atomic E-state index is -0.752. The van der Waals surface area contributed by atoms with Crippen LogP contribution >= 0.6 is 0 Å². The number of hydrogen-bond donors (Lipinski definition) is 3. The van der Waals surface area contributed by atoms with Gasteiger partial charge in [-0.05, 0) is 37.5 Å². The molecule has 0 saturated heterocycles. The number of esters is 1. The average Bonchev–Trinajstić information content (AvgIpc) is 2.63. The van der Waals surface area contributed by atoms with Crippen molar-refractivity contribution in [3.05, 3.63) is 29.8 Å². The van der Waals surface area contributed by atoms with Crippen LogP contribution in [-0.4, -0.2) is 42.2 Å². The van der Waals surface area contributed by atoms with Crippen LogP contribution in [0.1, 0.15) is 44.6 Å². The molecule has 1 amide bonds. The minimum absolute atomic E-state index is 0.160. The molecular weight excluding hydrogens is 320 g/mol. The fraction of sp³-hybridized carbons (Fsp3) is 0.579. The van der Waals surface area contributed by atoms with Crippen LogP contribution in [0, 0.1) is 0 Å². The van der Waals surface area contributed by atoms with Gasteiger partial charge in [0.15, 0.2) is 0 Å². The van der Waals surface area contributed by atoms with Crippen molar-refractivity contribution in [2.45, 2.75) is 63.6 Å². The SMILES string of the molecule is COC(=O)[C@H](Cc1ccc(O)cc1)NC(=O)[C@H](C)NC1CCCCC1. The maximum atomic E-state index is 12.5. The molecule has 0 unspecified atom stereocenters. The average molecular weight is 348 g/mol. The summed E-state index contributed by atoms with van der Waals surface area (Å²) < 4.78 is 4.82. The Labute approximate surface area is 149 Å². The molecule has 25 heavy (non-hydrogen) atoms. The second kappa shape index (κ2) is 9.42. The molecule has 1 saturated carbocycles. The van der Waals surface area contributed by atoms with E-state index in [1.165, 1.54) is 26.4 Å². The van der Waals surface area contributed by atoms with Crippen LogP contribution < -0.4 is 10.6 Å². The summed E-state index contributed by atoms with van der Waals surface area (Å²) in [5, 5.41) is 15.5. The number of methoxy groups -OCH3 is 1. The van der Waals surface area contributed by atoms with Gasteiger partial charge in [0, 0.05) is 12.5 Å². The second-order valence-corrected chi connectivity index (χ2v) is 6.68. The highest BCUT2D eigenvalue weighted by molar-refractivity contribution is 5.87. The number of nitrogens with one attached hydrogen (secondary N) is 2. The molecular formula is C19H28N2O4. The lowest BCUT2D eigenvalue weighted by atomic mass is 9.95.